The summed E-state index contributed by atoms with van der Waals surface area (Å²) in [6, 6.07) is 7.48. The first-order valence-electron chi connectivity index (χ1n) is 7.01. The Hall–Kier alpha value is -1.59. The largest absolute Gasteiger partial charge is 0.480 e. The first-order chi connectivity index (χ1) is 10.0. The van der Waals surface area contributed by atoms with Crippen molar-refractivity contribution in [2.75, 3.05) is 13.1 Å². The number of rotatable bonds is 7. The molecule has 2 rings (SSSR count). The molecule has 1 fully saturated rings. The molecule has 5 nitrogen and oxygen atoms in total. The van der Waals surface area contributed by atoms with Crippen LogP contribution in [-0.4, -0.2) is 35.6 Å². The molecule has 1 aliphatic rings. The average Bonchev–Trinajstić information content (AvgIpc) is 2.37. The average molecular weight is 311 g/mol. The topological polar surface area (TPSA) is 78.4 Å². The number of hydrogen-bond donors (Lipinski definition) is 3. The molecule has 0 aromatic heterocycles. The highest BCUT2D eigenvalue weighted by Gasteiger charge is 2.44. The lowest BCUT2D eigenvalue weighted by atomic mass is 9.77. The van der Waals surface area contributed by atoms with E-state index in [1.54, 1.807) is 6.07 Å². The smallest absolute Gasteiger partial charge is 0.323 e. The molecular weight excluding hydrogens is 292 g/mol. The van der Waals surface area contributed by atoms with Gasteiger partial charge in [-0.1, -0.05) is 23.7 Å². The highest BCUT2D eigenvalue weighted by Crippen LogP contribution is 2.31. The molecule has 1 saturated carbocycles. The van der Waals surface area contributed by atoms with Crippen LogP contribution in [0, 0.1) is 0 Å². The first-order valence-corrected chi connectivity index (χ1v) is 7.39. The first kappa shape index (κ1) is 15.8. The molecule has 0 atom stereocenters. The van der Waals surface area contributed by atoms with Crippen LogP contribution < -0.4 is 10.6 Å². The van der Waals surface area contributed by atoms with Crippen LogP contribution in [0.1, 0.15) is 24.8 Å². The van der Waals surface area contributed by atoms with Gasteiger partial charge in [-0.3, -0.25) is 14.9 Å². The lowest BCUT2D eigenvalue weighted by Gasteiger charge is -2.38. The number of benzene rings is 1. The molecule has 1 aromatic rings. The fourth-order valence-corrected chi connectivity index (χ4v) is 2.56. The molecule has 1 aromatic carbocycles. The van der Waals surface area contributed by atoms with Gasteiger partial charge in [-0.15, -0.1) is 0 Å². The van der Waals surface area contributed by atoms with E-state index in [-0.39, 0.29) is 12.5 Å². The van der Waals surface area contributed by atoms with Gasteiger partial charge < -0.3 is 10.4 Å². The third kappa shape index (κ3) is 4.19. The minimum Gasteiger partial charge on any atom is -0.480 e. The summed E-state index contributed by atoms with van der Waals surface area (Å²) < 4.78 is 0. The number of halogens is 1. The number of amides is 1. The lowest BCUT2D eigenvalue weighted by molar-refractivity contribution is -0.148. The molecule has 1 amide bonds. The normalized spacial score (nSPS) is 16.0. The van der Waals surface area contributed by atoms with Crippen LogP contribution in [0.5, 0.6) is 0 Å². The standard InChI is InChI=1S/C15H19ClN2O3/c16-12-4-1-3-11(9-12)5-8-17-13(19)10-18-15(14(20)21)6-2-7-15/h1,3-4,9,18H,2,5-8,10H2,(H,17,19)(H,20,21). The van der Waals surface area contributed by atoms with E-state index in [4.69, 9.17) is 16.7 Å². The second-order valence-corrected chi connectivity index (χ2v) is 5.76. The number of carbonyl (C=O) groups is 2. The van der Waals surface area contributed by atoms with Crippen molar-refractivity contribution >= 4 is 23.5 Å². The Balaban J connectivity index is 1.69. The van der Waals surface area contributed by atoms with Gasteiger partial charge in [0.1, 0.15) is 5.54 Å². The summed E-state index contributed by atoms with van der Waals surface area (Å²) >= 11 is 5.89. The number of nitrogens with one attached hydrogen (secondary N) is 2. The van der Waals surface area contributed by atoms with Crippen molar-refractivity contribution < 1.29 is 14.7 Å². The second kappa shape index (κ2) is 6.91. The quantitative estimate of drug-likeness (QED) is 0.715. The number of hydrogen-bond acceptors (Lipinski definition) is 3. The fourth-order valence-electron chi connectivity index (χ4n) is 2.35. The van der Waals surface area contributed by atoms with Crippen LogP contribution in [0.3, 0.4) is 0 Å². The number of carboxylic acids is 1. The van der Waals surface area contributed by atoms with Gasteiger partial charge in [0, 0.05) is 11.6 Å². The van der Waals surface area contributed by atoms with Crippen LogP contribution in [0.15, 0.2) is 24.3 Å². The maximum atomic E-state index is 11.7. The van der Waals surface area contributed by atoms with E-state index in [9.17, 15) is 9.59 Å². The van der Waals surface area contributed by atoms with Crippen LogP contribution in [0.25, 0.3) is 0 Å². The zero-order valence-electron chi connectivity index (χ0n) is 11.7. The van der Waals surface area contributed by atoms with Gasteiger partial charge in [0.25, 0.3) is 0 Å². The molecule has 0 bridgehead atoms. The van der Waals surface area contributed by atoms with Crippen LogP contribution >= 0.6 is 11.6 Å². The summed E-state index contributed by atoms with van der Waals surface area (Å²) in [4.78, 5) is 22.9. The van der Waals surface area contributed by atoms with Crippen LogP contribution in [-0.2, 0) is 16.0 Å². The Morgan fingerprint density at radius 3 is 2.67 bits per heavy atom. The summed E-state index contributed by atoms with van der Waals surface area (Å²) in [5, 5.41) is 15.4. The molecule has 6 heteroatoms. The monoisotopic (exact) mass is 310 g/mol. The highest BCUT2D eigenvalue weighted by molar-refractivity contribution is 6.30. The van der Waals surface area contributed by atoms with E-state index in [1.165, 1.54) is 0 Å². The van der Waals surface area contributed by atoms with E-state index < -0.39 is 11.5 Å². The predicted octanol–water partition coefficient (Wildman–Crippen LogP) is 1.60. The Morgan fingerprint density at radius 1 is 1.33 bits per heavy atom. The summed E-state index contributed by atoms with van der Waals surface area (Å²) in [7, 11) is 0. The van der Waals surface area contributed by atoms with Gasteiger partial charge in [-0.25, -0.2) is 0 Å². The Bertz CT molecular complexity index is 529. The Labute approximate surface area is 128 Å². The molecule has 0 aliphatic heterocycles. The van der Waals surface area contributed by atoms with Gasteiger partial charge in [0.05, 0.1) is 6.54 Å². The zero-order chi connectivity index (χ0) is 15.3. The molecule has 21 heavy (non-hydrogen) atoms. The third-order valence-corrected chi connectivity index (χ3v) is 4.06. The summed E-state index contributed by atoms with van der Waals surface area (Å²) in [5.74, 6) is -1.06. The molecule has 0 heterocycles. The van der Waals surface area contributed by atoms with Crippen molar-refractivity contribution in [2.24, 2.45) is 0 Å². The minimum atomic E-state index is -0.899. The molecule has 0 spiro atoms. The van der Waals surface area contributed by atoms with E-state index in [0.29, 0.717) is 30.8 Å². The van der Waals surface area contributed by atoms with Crippen LogP contribution in [0.2, 0.25) is 5.02 Å². The van der Waals surface area contributed by atoms with Crippen molar-refractivity contribution in [1.82, 2.24) is 10.6 Å². The minimum absolute atomic E-state index is 0.0296. The van der Waals surface area contributed by atoms with Crippen molar-refractivity contribution in [2.45, 2.75) is 31.2 Å². The molecular formula is C15H19ClN2O3. The van der Waals surface area contributed by atoms with E-state index in [0.717, 1.165) is 12.0 Å². The van der Waals surface area contributed by atoms with Gasteiger partial charge >= 0.3 is 5.97 Å². The lowest BCUT2D eigenvalue weighted by Crippen LogP contribution is -2.59. The van der Waals surface area contributed by atoms with Crippen molar-refractivity contribution in [1.29, 1.82) is 0 Å². The molecule has 114 valence electrons. The second-order valence-electron chi connectivity index (χ2n) is 5.32. The predicted molar refractivity (Wildman–Crippen MR) is 80.4 cm³/mol. The Morgan fingerprint density at radius 2 is 2.10 bits per heavy atom. The molecule has 1 aliphatic carbocycles. The van der Waals surface area contributed by atoms with E-state index in [1.807, 2.05) is 18.2 Å². The number of carboxylic acid groups (broad SMARTS) is 1. The molecule has 0 radical (unpaired) electrons. The van der Waals surface area contributed by atoms with E-state index in [2.05, 4.69) is 10.6 Å². The molecule has 0 unspecified atom stereocenters. The summed E-state index contributed by atoms with van der Waals surface area (Å²) in [5.41, 5.74) is 0.154. The van der Waals surface area contributed by atoms with Crippen molar-refractivity contribution in [3.63, 3.8) is 0 Å². The Kier molecular flexibility index (Phi) is 5.20. The van der Waals surface area contributed by atoms with Gasteiger partial charge in [0.2, 0.25) is 5.91 Å². The summed E-state index contributed by atoms with van der Waals surface area (Å²) in [6.07, 6.45) is 2.74. The number of aliphatic carboxylic acids is 1. The molecule has 0 saturated heterocycles. The maximum Gasteiger partial charge on any atom is 0.323 e. The van der Waals surface area contributed by atoms with Gasteiger partial charge in [-0.05, 0) is 43.4 Å². The number of carbonyl (C=O) groups excluding carboxylic acids is 1. The maximum absolute atomic E-state index is 11.7. The van der Waals surface area contributed by atoms with Gasteiger partial charge in [0.15, 0.2) is 0 Å². The van der Waals surface area contributed by atoms with Gasteiger partial charge in [-0.2, -0.15) is 0 Å². The zero-order valence-corrected chi connectivity index (χ0v) is 12.4. The SMILES string of the molecule is O=C(CNC1(C(=O)O)CCC1)NCCc1cccc(Cl)c1. The summed E-state index contributed by atoms with van der Waals surface area (Å²) in [6.45, 7) is 0.531. The van der Waals surface area contributed by atoms with Crippen LogP contribution in [0.4, 0.5) is 0 Å². The third-order valence-electron chi connectivity index (χ3n) is 3.83. The highest BCUT2D eigenvalue weighted by atomic mass is 35.5. The molecule has 3 N–H and O–H groups in total. The van der Waals surface area contributed by atoms with E-state index >= 15 is 0 Å². The fraction of sp³-hybridized carbons (Fsp3) is 0.467. The van der Waals surface area contributed by atoms with Crippen molar-refractivity contribution in [3.05, 3.63) is 34.9 Å². The van der Waals surface area contributed by atoms with Crippen molar-refractivity contribution in [3.8, 4) is 0 Å².